The molecule has 5 nitrogen and oxygen atoms in total. The van der Waals surface area contributed by atoms with Gasteiger partial charge in [-0.2, -0.15) is 0 Å². The first-order valence-corrected chi connectivity index (χ1v) is 9.57. The summed E-state index contributed by atoms with van der Waals surface area (Å²) in [7, 11) is 0. The highest BCUT2D eigenvalue weighted by Crippen LogP contribution is 2.20. The number of carbonyl (C=O) groups is 1. The van der Waals surface area contributed by atoms with Crippen molar-refractivity contribution in [2.75, 3.05) is 13.1 Å². The maximum atomic E-state index is 12.9. The third-order valence-corrected chi connectivity index (χ3v) is 5.13. The number of hydrogen-bond acceptors (Lipinski definition) is 4. The van der Waals surface area contributed by atoms with Gasteiger partial charge in [-0.25, -0.2) is 0 Å². The molecule has 6 heteroatoms. The van der Waals surface area contributed by atoms with Crippen LogP contribution < -0.4 is 5.32 Å². The second-order valence-electron chi connectivity index (χ2n) is 6.25. The molecule has 2 N–H and O–H groups in total. The Balaban J connectivity index is 1.77. The number of carbonyl (C=O) groups excluding carboxylic acids is 1. The van der Waals surface area contributed by atoms with Crippen LogP contribution in [0.5, 0.6) is 0 Å². The summed E-state index contributed by atoms with van der Waals surface area (Å²) in [6, 6.07) is 11.0. The highest BCUT2D eigenvalue weighted by atomic mass is 127. The summed E-state index contributed by atoms with van der Waals surface area (Å²) in [5.74, 6) is -0.0348. The Labute approximate surface area is 161 Å². The summed E-state index contributed by atoms with van der Waals surface area (Å²) in [5.41, 5.74) is 1.79. The van der Waals surface area contributed by atoms with Crippen LogP contribution in [-0.4, -0.2) is 40.0 Å². The lowest BCUT2D eigenvalue weighted by molar-refractivity contribution is -0.135. The number of aliphatic hydroxyl groups excluding tert-OH is 1. The van der Waals surface area contributed by atoms with Gasteiger partial charge in [-0.1, -0.05) is 12.1 Å². The predicted octanol–water partition coefficient (Wildman–Crippen LogP) is 2.50. The van der Waals surface area contributed by atoms with Crippen molar-refractivity contribution in [1.29, 1.82) is 0 Å². The third kappa shape index (κ3) is 4.77. The van der Waals surface area contributed by atoms with Gasteiger partial charge < -0.3 is 10.0 Å². The molecule has 2 atom stereocenters. The number of aliphatic hydroxyl groups is 1. The molecule has 132 valence electrons. The van der Waals surface area contributed by atoms with E-state index >= 15 is 0 Å². The number of likely N-dealkylation sites (tertiary alicyclic amines) is 1. The zero-order valence-electron chi connectivity index (χ0n) is 13.9. The minimum absolute atomic E-state index is 0.0348. The standard InChI is InChI=1S/C19H22IN3O2/c20-16-5-3-4-14(12-16)13-22-17(19(25)23-10-1-2-11-23)18(24)15-6-8-21-9-7-15/h3-9,12,17-18,22,24H,1-2,10-11,13H2/t17?,18-/m1/s1. The molecule has 1 amide bonds. The number of halogens is 1. The van der Waals surface area contributed by atoms with Gasteiger partial charge in [0.15, 0.2) is 0 Å². The summed E-state index contributed by atoms with van der Waals surface area (Å²) in [6.07, 6.45) is 4.42. The fourth-order valence-electron chi connectivity index (χ4n) is 3.10. The maximum Gasteiger partial charge on any atom is 0.242 e. The number of nitrogens with one attached hydrogen (secondary N) is 1. The van der Waals surface area contributed by atoms with Gasteiger partial charge in [0.05, 0.1) is 0 Å². The number of pyridine rings is 1. The van der Waals surface area contributed by atoms with E-state index in [1.54, 1.807) is 24.5 Å². The van der Waals surface area contributed by atoms with Crippen molar-refractivity contribution < 1.29 is 9.90 Å². The molecule has 0 radical (unpaired) electrons. The van der Waals surface area contributed by atoms with Gasteiger partial charge in [-0.3, -0.25) is 15.1 Å². The quantitative estimate of drug-likeness (QED) is 0.663. The molecule has 1 saturated heterocycles. The number of aromatic nitrogens is 1. The molecule has 0 aliphatic carbocycles. The zero-order chi connectivity index (χ0) is 17.6. The smallest absolute Gasteiger partial charge is 0.242 e. The molecule has 0 bridgehead atoms. The van der Waals surface area contributed by atoms with E-state index in [-0.39, 0.29) is 5.91 Å². The van der Waals surface area contributed by atoms with Crippen LogP contribution in [0, 0.1) is 3.57 Å². The number of hydrogen-bond donors (Lipinski definition) is 2. The van der Waals surface area contributed by atoms with Gasteiger partial charge in [0.25, 0.3) is 0 Å². The van der Waals surface area contributed by atoms with E-state index in [0.717, 1.165) is 35.1 Å². The van der Waals surface area contributed by atoms with Crippen molar-refractivity contribution in [3.05, 3.63) is 63.5 Å². The lowest BCUT2D eigenvalue weighted by Crippen LogP contribution is -2.48. The first-order valence-electron chi connectivity index (χ1n) is 8.50. The molecule has 1 aromatic heterocycles. The fraction of sp³-hybridized carbons (Fsp3) is 0.368. The lowest BCUT2D eigenvalue weighted by atomic mass is 10.0. The summed E-state index contributed by atoms with van der Waals surface area (Å²) >= 11 is 2.27. The van der Waals surface area contributed by atoms with Gasteiger partial charge in [0, 0.05) is 35.6 Å². The van der Waals surface area contributed by atoms with E-state index in [2.05, 4.69) is 39.0 Å². The van der Waals surface area contributed by atoms with Crippen LogP contribution in [0.2, 0.25) is 0 Å². The van der Waals surface area contributed by atoms with E-state index in [1.165, 1.54) is 0 Å². The average Bonchev–Trinajstić information content (AvgIpc) is 3.17. The molecule has 1 aromatic carbocycles. The fourth-order valence-corrected chi connectivity index (χ4v) is 3.70. The Morgan fingerprint density at radius 2 is 1.96 bits per heavy atom. The molecular formula is C19H22IN3O2. The zero-order valence-corrected chi connectivity index (χ0v) is 16.1. The van der Waals surface area contributed by atoms with Crippen molar-refractivity contribution >= 4 is 28.5 Å². The average molecular weight is 451 g/mol. The number of nitrogens with zero attached hydrogens (tertiary/aromatic N) is 2. The van der Waals surface area contributed by atoms with Crippen LogP contribution in [0.25, 0.3) is 0 Å². The first kappa shape index (κ1) is 18.3. The van der Waals surface area contributed by atoms with Crippen LogP contribution in [0.3, 0.4) is 0 Å². The molecule has 25 heavy (non-hydrogen) atoms. The summed E-state index contributed by atoms with van der Waals surface area (Å²) in [4.78, 5) is 18.8. The molecule has 2 aromatic rings. The van der Waals surface area contributed by atoms with Crippen molar-refractivity contribution in [2.24, 2.45) is 0 Å². The van der Waals surface area contributed by atoms with Gasteiger partial charge in [-0.15, -0.1) is 0 Å². The maximum absolute atomic E-state index is 12.9. The van der Waals surface area contributed by atoms with Crippen LogP contribution in [0.15, 0.2) is 48.8 Å². The van der Waals surface area contributed by atoms with Gasteiger partial charge >= 0.3 is 0 Å². The second-order valence-corrected chi connectivity index (χ2v) is 7.49. The molecule has 0 saturated carbocycles. The monoisotopic (exact) mass is 451 g/mol. The Kier molecular flexibility index (Phi) is 6.39. The summed E-state index contributed by atoms with van der Waals surface area (Å²) in [6.45, 7) is 2.07. The molecule has 2 heterocycles. The minimum atomic E-state index is -0.904. The molecular weight excluding hydrogens is 429 g/mol. The van der Waals surface area contributed by atoms with Crippen LogP contribution >= 0.6 is 22.6 Å². The predicted molar refractivity (Wildman–Crippen MR) is 105 cm³/mol. The number of amides is 1. The topological polar surface area (TPSA) is 65.5 Å². The molecule has 1 aliphatic heterocycles. The Bertz CT molecular complexity index is 705. The molecule has 1 aliphatic rings. The summed E-state index contributed by atoms with van der Waals surface area (Å²) < 4.78 is 1.15. The second kappa shape index (κ2) is 8.73. The van der Waals surface area contributed by atoms with Crippen molar-refractivity contribution in [3.63, 3.8) is 0 Å². The number of benzene rings is 1. The number of rotatable bonds is 6. The van der Waals surface area contributed by atoms with E-state index < -0.39 is 12.1 Å². The van der Waals surface area contributed by atoms with E-state index in [4.69, 9.17) is 0 Å². The van der Waals surface area contributed by atoms with Crippen molar-refractivity contribution in [2.45, 2.75) is 31.5 Å². The SMILES string of the molecule is O=C(C(NCc1cccc(I)c1)[C@H](O)c1ccncc1)N1CCCC1. The van der Waals surface area contributed by atoms with Gasteiger partial charge in [-0.05, 0) is 70.8 Å². The van der Waals surface area contributed by atoms with Gasteiger partial charge in [0.1, 0.15) is 12.1 Å². The minimum Gasteiger partial charge on any atom is -0.386 e. The molecule has 3 rings (SSSR count). The Morgan fingerprint density at radius 1 is 1.24 bits per heavy atom. The van der Waals surface area contributed by atoms with E-state index in [9.17, 15) is 9.90 Å². The van der Waals surface area contributed by atoms with Crippen molar-refractivity contribution in [3.8, 4) is 0 Å². The Morgan fingerprint density at radius 3 is 2.64 bits per heavy atom. The molecule has 1 unspecified atom stereocenters. The highest BCUT2D eigenvalue weighted by molar-refractivity contribution is 14.1. The van der Waals surface area contributed by atoms with Crippen molar-refractivity contribution in [1.82, 2.24) is 15.2 Å². The van der Waals surface area contributed by atoms with Crippen LogP contribution in [0.1, 0.15) is 30.1 Å². The van der Waals surface area contributed by atoms with Gasteiger partial charge in [0.2, 0.25) is 5.91 Å². The first-order chi connectivity index (χ1) is 12.1. The largest absolute Gasteiger partial charge is 0.386 e. The molecule has 0 spiro atoms. The van der Waals surface area contributed by atoms with E-state index in [1.807, 2.05) is 23.1 Å². The van der Waals surface area contributed by atoms with E-state index in [0.29, 0.717) is 12.1 Å². The third-order valence-electron chi connectivity index (χ3n) is 4.46. The van der Waals surface area contributed by atoms with Crippen LogP contribution in [0.4, 0.5) is 0 Å². The highest BCUT2D eigenvalue weighted by Gasteiger charge is 2.32. The Hall–Kier alpha value is -1.51. The molecule has 1 fully saturated rings. The van der Waals surface area contributed by atoms with Crippen LogP contribution in [-0.2, 0) is 11.3 Å². The summed E-state index contributed by atoms with van der Waals surface area (Å²) in [5, 5.41) is 14.1. The lowest BCUT2D eigenvalue weighted by Gasteiger charge is -2.28. The normalized spacial score (nSPS) is 16.6.